The summed E-state index contributed by atoms with van der Waals surface area (Å²) in [7, 11) is -3.54. The number of sulfonamides is 1. The van der Waals surface area contributed by atoms with E-state index in [0.717, 1.165) is 5.56 Å². The quantitative estimate of drug-likeness (QED) is 0.867. The molecule has 0 atom stereocenters. The van der Waals surface area contributed by atoms with Crippen molar-refractivity contribution in [1.29, 1.82) is 0 Å². The van der Waals surface area contributed by atoms with E-state index >= 15 is 0 Å². The van der Waals surface area contributed by atoms with Crippen molar-refractivity contribution in [3.05, 3.63) is 48.0 Å². The number of hydrogen-bond acceptors (Lipinski definition) is 5. The highest BCUT2D eigenvalue weighted by Gasteiger charge is 2.29. The summed E-state index contributed by atoms with van der Waals surface area (Å²) in [6, 6.07) is 12.5. The number of anilines is 2. The summed E-state index contributed by atoms with van der Waals surface area (Å²) in [6.07, 6.45) is 0.578. The predicted molar refractivity (Wildman–Crippen MR) is 97.1 cm³/mol. The lowest BCUT2D eigenvalue weighted by Gasteiger charge is -2.19. The van der Waals surface area contributed by atoms with Crippen LogP contribution in [0, 0.1) is 0 Å². The van der Waals surface area contributed by atoms with E-state index < -0.39 is 10.0 Å². The largest absolute Gasteiger partial charge is 0.454 e. The van der Waals surface area contributed by atoms with Crippen LogP contribution in [-0.2, 0) is 21.2 Å². The maximum atomic E-state index is 12.6. The number of hydrogen-bond donors (Lipinski definition) is 1. The minimum absolute atomic E-state index is 0.116. The number of amides is 1. The molecule has 2 aromatic carbocycles. The minimum atomic E-state index is -3.54. The zero-order valence-electron chi connectivity index (χ0n) is 14.0. The molecule has 0 unspecified atom stereocenters. The SMILES string of the molecule is O=C(CCS(=O)(=O)N1CCc2ccccc21)Nc1ccc2c(c1)OCO2. The molecule has 2 heterocycles. The maximum absolute atomic E-state index is 12.6. The number of carbonyl (C=O) groups excluding carboxylic acids is 1. The third-order valence-corrected chi connectivity index (χ3v) is 6.19. The monoisotopic (exact) mass is 374 g/mol. The molecule has 1 N–H and O–H groups in total. The lowest BCUT2D eigenvalue weighted by molar-refractivity contribution is -0.115. The van der Waals surface area contributed by atoms with Gasteiger partial charge in [-0.15, -0.1) is 0 Å². The number of carbonyl (C=O) groups is 1. The van der Waals surface area contributed by atoms with Gasteiger partial charge in [0.25, 0.3) is 0 Å². The summed E-state index contributed by atoms with van der Waals surface area (Å²) in [4.78, 5) is 12.2. The fraction of sp³-hybridized carbons (Fsp3) is 0.278. The normalized spacial score (nSPS) is 15.0. The van der Waals surface area contributed by atoms with E-state index in [0.29, 0.717) is 35.8 Å². The van der Waals surface area contributed by atoms with Crippen LogP contribution < -0.4 is 19.1 Å². The zero-order chi connectivity index (χ0) is 18.1. The van der Waals surface area contributed by atoms with E-state index in [2.05, 4.69) is 5.32 Å². The van der Waals surface area contributed by atoms with Crippen molar-refractivity contribution >= 4 is 27.3 Å². The average molecular weight is 374 g/mol. The molecule has 0 fully saturated rings. The summed E-state index contributed by atoms with van der Waals surface area (Å²) in [5.41, 5.74) is 2.27. The second kappa shape index (κ2) is 6.53. The van der Waals surface area contributed by atoms with Crippen LogP contribution >= 0.6 is 0 Å². The Bertz CT molecular complexity index is 958. The van der Waals surface area contributed by atoms with Gasteiger partial charge >= 0.3 is 0 Å². The number of benzene rings is 2. The van der Waals surface area contributed by atoms with Gasteiger partial charge in [0, 0.05) is 24.7 Å². The molecule has 0 saturated heterocycles. The van der Waals surface area contributed by atoms with E-state index in [1.165, 1.54) is 4.31 Å². The first-order chi connectivity index (χ1) is 12.5. The zero-order valence-corrected chi connectivity index (χ0v) is 14.8. The van der Waals surface area contributed by atoms with E-state index in [1.807, 2.05) is 18.2 Å². The number of rotatable bonds is 5. The van der Waals surface area contributed by atoms with Gasteiger partial charge in [-0.05, 0) is 30.2 Å². The standard InChI is InChI=1S/C18H18N2O5S/c21-18(19-14-5-6-16-17(11-14)25-12-24-16)8-10-26(22,23)20-9-7-13-3-1-2-4-15(13)20/h1-6,11H,7-10,12H2,(H,19,21). The second-order valence-corrected chi connectivity index (χ2v) is 8.15. The average Bonchev–Trinajstić information content (AvgIpc) is 3.26. The Morgan fingerprint density at radius 1 is 1.12 bits per heavy atom. The Morgan fingerprint density at radius 2 is 1.92 bits per heavy atom. The first-order valence-electron chi connectivity index (χ1n) is 8.31. The van der Waals surface area contributed by atoms with Crippen molar-refractivity contribution in [2.75, 3.05) is 28.7 Å². The van der Waals surface area contributed by atoms with Crippen LogP contribution in [0.3, 0.4) is 0 Å². The van der Waals surface area contributed by atoms with Gasteiger partial charge < -0.3 is 14.8 Å². The Balaban J connectivity index is 1.38. The third-order valence-electron chi connectivity index (χ3n) is 4.42. The van der Waals surface area contributed by atoms with Gasteiger partial charge in [0.1, 0.15) is 0 Å². The fourth-order valence-electron chi connectivity index (χ4n) is 3.13. The molecule has 0 aromatic heterocycles. The van der Waals surface area contributed by atoms with E-state index in [4.69, 9.17) is 9.47 Å². The van der Waals surface area contributed by atoms with Gasteiger partial charge in [0.05, 0.1) is 11.4 Å². The minimum Gasteiger partial charge on any atom is -0.454 e. The topological polar surface area (TPSA) is 84.9 Å². The fourth-order valence-corrected chi connectivity index (χ4v) is 4.64. The molecule has 8 heteroatoms. The van der Waals surface area contributed by atoms with Gasteiger partial charge in [0.15, 0.2) is 11.5 Å². The summed E-state index contributed by atoms with van der Waals surface area (Å²) in [6.45, 7) is 0.577. The molecular weight excluding hydrogens is 356 g/mol. The van der Waals surface area contributed by atoms with Crippen LogP contribution in [0.1, 0.15) is 12.0 Å². The Labute approximate surface area is 151 Å². The van der Waals surface area contributed by atoms with Crippen LogP contribution in [-0.4, -0.2) is 33.4 Å². The lowest BCUT2D eigenvalue weighted by atomic mass is 10.2. The predicted octanol–water partition coefficient (Wildman–Crippen LogP) is 2.14. The lowest BCUT2D eigenvalue weighted by Crippen LogP contribution is -2.32. The van der Waals surface area contributed by atoms with Crippen molar-refractivity contribution < 1.29 is 22.7 Å². The Hall–Kier alpha value is -2.74. The highest BCUT2D eigenvalue weighted by atomic mass is 32.2. The molecule has 2 aromatic rings. The molecule has 136 valence electrons. The molecule has 1 amide bonds. The van der Waals surface area contributed by atoms with Crippen molar-refractivity contribution in [2.24, 2.45) is 0 Å². The number of fused-ring (bicyclic) bond motifs is 2. The molecule has 4 rings (SSSR count). The molecule has 0 saturated carbocycles. The van der Waals surface area contributed by atoms with Crippen LogP contribution in [0.2, 0.25) is 0 Å². The third kappa shape index (κ3) is 3.20. The molecule has 0 aliphatic carbocycles. The van der Waals surface area contributed by atoms with Crippen molar-refractivity contribution in [3.8, 4) is 11.5 Å². The summed E-state index contributed by atoms with van der Waals surface area (Å²) < 4.78 is 37.1. The van der Waals surface area contributed by atoms with Crippen molar-refractivity contribution in [2.45, 2.75) is 12.8 Å². The van der Waals surface area contributed by atoms with Crippen LogP contribution in [0.15, 0.2) is 42.5 Å². The Morgan fingerprint density at radius 3 is 2.81 bits per heavy atom. The van der Waals surface area contributed by atoms with Crippen LogP contribution in [0.4, 0.5) is 11.4 Å². The number of ether oxygens (including phenoxy) is 2. The first kappa shape index (κ1) is 16.7. The highest BCUT2D eigenvalue weighted by Crippen LogP contribution is 2.34. The second-order valence-electron chi connectivity index (χ2n) is 6.13. The molecule has 7 nitrogen and oxygen atoms in total. The van der Waals surface area contributed by atoms with Crippen molar-refractivity contribution in [1.82, 2.24) is 0 Å². The smallest absolute Gasteiger partial charge is 0.235 e. The summed E-state index contributed by atoms with van der Waals surface area (Å²) >= 11 is 0. The van der Waals surface area contributed by atoms with Crippen molar-refractivity contribution in [3.63, 3.8) is 0 Å². The van der Waals surface area contributed by atoms with Gasteiger partial charge in [-0.3, -0.25) is 9.10 Å². The molecule has 26 heavy (non-hydrogen) atoms. The highest BCUT2D eigenvalue weighted by molar-refractivity contribution is 7.92. The number of nitrogens with one attached hydrogen (secondary N) is 1. The van der Waals surface area contributed by atoms with Gasteiger partial charge in [-0.1, -0.05) is 18.2 Å². The summed E-state index contributed by atoms with van der Waals surface area (Å²) in [5, 5.41) is 2.70. The molecular formula is C18H18N2O5S. The molecule has 0 spiro atoms. The van der Waals surface area contributed by atoms with Crippen LogP contribution in [0.25, 0.3) is 0 Å². The summed E-state index contributed by atoms with van der Waals surface area (Å²) in [5.74, 6) is 0.583. The van der Waals surface area contributed by atoms with Crippen LogP contribution in [0.5, 0.6) is 11.5 Å². The number of nitrogens with zero attached hydrogens (tertiary/aromatic N) is 1. The molecule has 2 aliphatic heterocycles. The molecule has 0 bridgehead atoms. The van der Waals surface area contributed by atoms with E-state index in [9.17, 15) is 13.2 Å². The molecule has 0 radical (unpaired) electrons. The van der Waals surface area contributed by atoms with E-state index in [-0.39, 0.29) is 24.9 Å². The van der Waals surface area contributed by atoms with Gasteiger partial charge in [-0.2, -0.15) is 0 Å². The van der Waals surface area contributed by atoms with E-state index in [1.54, 1.807) is 24.3 Å². The number of para-hydroxylation sites is 1. The maximum Gasteiger partial charge on any atom is 0.235 e. The van der Waals surface area contributed by atoms with Gasteiger partial charge in [-0.25, -0.2) is 8.42 Å². The molecule has 2 aliphatic rings. The van der Waals surface area contributed by atoms with Gasteiger partial charge in [0.2, 0.25) is 22.7 Å². The Kier molecular flexibility index (Phi) is 4.20. The first-order valence-corrected chi connectivity index (χ1v) is 9.92.